The first-order valence-corrected chi connectivity index (χ1v) is 7.44. The van der Waals surface area contributed by atoms with E-state index >= 15 is 0 Å². The molecule has 3 nitrogen and oxygen atoms in total. The van der Waals surface area contributed by atoms with Crippen LogP contribution in [0.2, 0.25) is 0 Å². The maximum atomic E-state index is 5.34. The van der Waals surface area contributed by atoms with E-state index in [1.807, 2.05) is 6.92 Å². The van der Waals surface area contributed by atoms with Crippen molar-refractivity contribution in [2.24, 2.45) is 0 Å². The molecule has 0 radical (unpaired) electrons. The number of aromatic nitrogens is 1. The van der Waals surface area contributed by atoms with Gasteiger partial charge in [0.15, 0.2) is 0 Å². The van der Waals surface area contributed by atoms with E-state index in [-0.39, 0.29) is 0 Å². The highest BCUT2D eigenvalue weighted by molar-refractivity contribution is 7.99. The van der Waals surface area contributed by atoms with Crippen molar-refractivity contribution in [1.82, 2.24) is 10.3 Å². The topological polar surface area (TPSA) is 38.1 Å². The standard InChI is InChI=1S/C15H20N2OS/c1-4-9-16-12(3)13-5-7-14(8-6-13)19-15-17-11(2)10-18-15/h5-8,10,12,16H,4,9H2,1-3H3. The molecule has 4 heteroatoms. The van der Waals surface area contributed by atoms with E-state index in [2.05, 4.69) is 48.4 Å². The minimum Gasteiger partial charge on any atom is -0.439 e. The van der Waals surface area contributed by atoms with Gasteiger partial charge in [0.1, 0.15) is 6.26 Å². The molecule has 102 valence electrons. The van der Waals surface area contributed by atoms with Crippen molar-refractivity contribution in [1.29, 1.82) is 0 Å². The molecule has 1 atom stereocenters. The summed E-state index contributed by atoms with van der Waals surface area (Å²) in [4.78, 5) is 5.43. The molecule has 1 N–H and O–H groups in total. The highest BCUT2D eigenvalue weighted by Crippen LogP contribution is 2.27. The largest absolute Gasteiger partial charge is 0.439 e. The molecular formula is C15H20N2OS. The number of hydrogen-bond acceptors (Lipinski definition) is 4. The van der Waals surface area contributed by atoms with Gasteiger partial charge < -0.3 is 9.73 Å². The van der Waals surface area contributed by atoms with E-state index in [4.69, 9.17) is 4.42 Å². The average molecular weight is 276 g/mol. The fourth-order valence-corrected chi connectivity index (χ4v) is 2.54. The molecule has 2 aromatic rings. The summed E-state index contributed by atoms with van der Waals surface area (Å²) in [5.74, 6) is 0. The molecular weight excluding hydrogens is 256 g/mol. The average Bonchev–Trinajstić information content (AvgIpc) is 2.82. The van der Waals surface area contributed by atoms with Gasteiger partial charge in [-0.25, -0.2) is 4.98 Å². The van der Waals surface area contributed by atoms with E-state index in [1.165, 1.54) is 5.56 Å². The van der Waals surface area contributed by atoms with Crippen molar-refractivity contribution in [2.45, 2.75) is 43.4 Å². The van der Waals surface area contributed by atoms with Crippen LogP contribution in [0.1, 0.15) is 37.6 Å². The second kappa shape index (κ2) is 6.78. The Bertz CT molecular complexity index is 507. The van der Waals surface area contributed by atoms with Crippen LogP contribution in [0.15, 0.2) is 45.1 Å². The molecule has 0 aliphatic rings. The van der Waals surface area contributed by atoms with Crippen LogP contribution in [0.5, 0.6) is 0 Å². The Balaban J connectivity index is 1.98. The van der Waals surface area contributed by atoms with Gasteiger partial charge in [-0.3, -0.25) is 0 Å². The van der Waals surface area contributed by atoms with Gasteiger partial charge in [0.25, 0.3) is 5.22 Å². The highest BCUT2D eigenvalue weighted by atomic mass is 32.2. The van der Waals surface area contributed by atoms with Crippen LogP contribution >= 0.6 is 11.8 Å². The molecule has 0 fully saturated rings. The summed E-state index contributed by atoms with van der Waals surface area (Å²) in [5, 5.41) is 4.18. The summed E-state index contributed by atoms with van der Waals surface area (Å²) in [6.45, 7) is 7.35. The van der Waals surface area contributed by atoms with E-state index in [0.29, 0.717) is 11.3 Å². The zero-order valence-electron chi connectivity index (χ0n) is 11.6. The number of hydrogen-bond donors (Lipinski definition) is 1. The molecule has 0 saturated heterocycles. The lowest BCUT2D eigenvalue weighted by atomic mass is 10.1. The molecule has 0 aliphatic carbocycles. The Labute approximate surface area is 118 Å². The van der Waals surface area contributed by atoms with Crippen LogP contribution in [0.3, 0.4) is 0 Å². The second-order valence-corrected chi connectivity index (χ2v) is 5.63. The van der Waals surface area contributed by atoms with Gasteiger partial charge >= 0.3 is 0 Å². The monoisotopic (exact) mass is 276 g/mol. The third-order valence-corrected chi connectivity index (χ3v) is 3.75. The fraction of sp³-hybridized carbons (Fsp3) is 0.400. The quantitative estimate of drug-likeness (QED) is 0.858. The summed E-state index contributed by atoms with van der Waals surface area (Å²) in [5.41, 5.74) is 2.22. The molecule has 0 bridgehead atoms. The SMILES string of the molecule is CCCNC(C)c1ccc(Sc2nc(C)co2)cc1. The van der Waals surface area contributed by atoms with Gasteiger partial charge in [0.05, 0.1) is 5.69 Å². The van der Waals surface area contributed by atoms with Gasteiger partial charge in [-0.05, 0) is 56.3 Å². The first-order valence-electron chi connectivity index (χ1n) is 6.62. The predicted octanol–water partition coefficient (Wildman–Crippen LogP) is 4.19. The number of benzene rings is 1. The maximum absolute atomic E-state index is 5.34. The molecule has 1 heterocycles. The summed E-state index contributed by atoms with van der Waals surface area (Å²) < 4.78 is 5.34. The lowest BCUT2D eigenvalue weighted by molar-refractivity contribution is 0.454. The summed E-state index contributed by atoms with van der Waals surface area (Å²) >= 11 is 1.55. The molecule has 0 spiro atoms. The second-order valence-electron chi connectivity index (χ2n) is 4.60. The summed E-state index contributed by atoms with van der Waals surface area (Å²) in [6.07, 6.45) is 2.83. The minimum atomic E-state index is 0.392. The zero-order chi connectivity index (χ0) is 13.7. The fourth-order valence-electron chi connectivity index (χ4n) is 1.78. The first kappa shape index (κ1) is 14.2. The number of rotatable bonds is 6. The third kappa shape index (κ3) is 4.11. The Morgan fingerprint density at radius 1 is 1.32 bits per heavy atom. The van der Waals surface area contributed by atoms with Crippen LogP contribution in [-0.4, -0.2) is 11.5 Å². The molecule has 1 unspecified atom stereocenters. The molecule has 0 aliphatic heterocycles. The van der Waals surface area contributed by atoms with Gasteiger partial charge in [-0.1, -0.05) is 19.1 Å². The van der Waals surface area contributed by atoms with Crippen LogP contribution in [0.4, 0.5) is 0 Å². The van der Waals surface area contributed by atoms with Crippen LogP contribution < -0.4 is 5.32 Å². The molecule has 1 aromatic carbocycles. The molecule has 0 saturated carbocycles. The maximum Gasteiger partial charge on any atom is 0.260 e. The van der Waals surface area contributed by atoms with E-state index in [9.17, 15) is 0 Å². The Morgan fingerprint density at radius 3 is 2.63 bits per heavy atom. The predicted molar refractivity (Wildman–Crippen MR) is 78.5 cm³/mol. The Morgan fingerprint density at radius 2 is 2.05 bits per heavy atom. The number of nitrogens with one attached hydrogen (secondary N) is 1. The van der Waals surface area contributed by atoms with E-state index in [0.717, 1.165) is 23.6 Å². The van der Waals surface area contributed by atoms with Crippen molar-refractivity contribution >= 4 is 11.8 Å². The van der Waals surface area contributed by atoms with Gasteiger partial charge in [-0.15, -0.1) is 0 Å². The van der Waals surface area contributed by atoms with Crippen LogP contribution in [-0.2, 0) is 0 Å². The van der Waals surface area contributed by atoms with Crippen molar-refractivity contribution in [3.63, 3.8) is 0 Å². The van der Waals surface area contributed by atoms with Crippen LogP contribution in [0, 0.1) is 6.92 Å². The van der Waals surface area contributed by atoms with Crippen molar-refractivity contribution < 1.29 is 4.42 Å². The number of aryl methyl sites for hydroxylation is 1. The molecule has 2 rings (SSSR count). The highest BCUT2D eigenvalue weighted by Gasteiger charge is 2.06. The molecule has 19 heavy (non-hydrogen) atoms. The third-order valence-electron chi connectivity index (χ3n) is 2.88. The van der Waals surface area contributed by atoms with Gasteiger partial charge in [0, 0.05) is 10.9 Å². The van der Waals surface area contributed by atoms with Crippen LogP contribution in [0.25, 0.3) is 0 Å². The molecule has 0 amide bonds. The van der Waals surface area contributed by atoms with E-state index < -0.39 is 0 Å². The minimum absolute atomic E-state index is 0.392. The van der Waals surface area contributed by atoms with Crippen molar-refractivity contribution in [3.8, 4) is 0 Å². The van der Waals surface area contributed by atoms with E-state index in [1.54, 1.807) is 18.0 Å². The number of oxazole rings is 1. The van der Waals surface area contributed by atoms with Crippen molar-refractivity contribution in [3.05, 3.63) is 41.8 Å². The lowest BCUT2D eigenvalue weighted by Crippen LogP contribution is -2.19. The first-order chi connectivity index (χ1) is 9.19. The molecule has 1 aromatic heterocycles. The van der Waals surface area contributed by atoms with Gasteiger partial charge in [0.2, 0.25) is 0 Å². The van der Waals surface area contributed by atoms with Crippen molar-refractivity contribution in [2.75, 3.05) is 6.54 Å². The normalized spacial score (nSPS) is 12.6. The smallest absolute Gasteiger partial charge is 0.260 e. The lowest BCUT2D eigenvalue weighted by Gasteiger charge is -2.13. The zero-order valence-corrected chi connectivity index (χ0v) is 12.5. The Kier molecular flexibility index (Phi) is 5.05. The summed E-state index contributed by atoms with van der Waals surface area (Å²) in [6, 6.07) is 8.94. The number of nitrogens with zero attached hydrogens (tertiary/aromatic N) is 1. The van der Waals surface area contributed by atoms with Gasteiger partial charge in [-0.2, -0.15) is 0 Å². The summed E-state index contributed by atoms with van der Waals surface area (Å²) in [7, 11) is 0. The Hall–Kier alpha value is -1.26.